The average Bonchev–Trinajstić information content (AvgIpc) is 3.43. The van der Waals surface area contributed by atoms with E-state index < -0.39 is 6.04 Å². The van der Waals surface area contributed by atoms with Crippen molar-refractivity contribution >= 4 is 23.2 Å². The molecule has 0 spiro atoms. The summed E-state index contributed by atoms with van der Waals surface area (Å²) in [6.45, 7) is 3.36. The number of rotatable bonds is 5. The first-order valence-corrected chi connectivity index (χ1v) is 10.5. The van der Waals surface area contributed by atoms with Crippen LogP contribution in [0.2, 0.25) is 0 Å². The third-order valence-corrected chi connectivity index (χ3v) is 6.14. The smallest absolute Gasteiger partial charge is 0.264 e. The molecule has 29 heavy (non-hydrogen) atoms. The van der Waals surface area contributed by atoms with Gasteiger partial charge in [-0.25, -0.2) is 4.39 Å². The highest BCUT2D eigenvalue weighted by atomic mass is 32.1. The number of aromatic nitrogens is 1. The van der Waals surface area contributed by atoms with Crippen molar-refractivity contribution in [2.75, 3.05) is 19.6 Å². The Bertz CT molecular complexity index is 1010. The third kappa shape index (κ3) is 3.70. The number of likely N-dealkylation sites (N-methyl/N-ethyl adjacent to an activating group) is 1. The predicted octanol–water partition coefficient (Wildman–Crippen LogP) is 3.78. The van der Waals surface area contributed by atoms with Gasteiger partial charge in [-0.3, -0.25) is 9.59 Å². The van der Waals surface area contributed by atoms with Gasteiger partial charge in [-0.2, -0.15) is 0 Å². The molecule has 5 nitrogen and oxygen atoms in total. The number of fused-ring (bicyclic) bond motifs is 1. The van der Waals surface area contributed by atoms with Crippen molar-refractivity contribution in [2.45, 2.75) is 19.5 Å². The van der Waals surface area contributed by atoms with E-state index in [-0.39, 0.29) is 24.2 Å². The molecule has 4 rings (SSSR count). The van der Waals surface area contributed by atoms with E-state index in [0.29, 0.717) is 30.1 Å². The van der Waals surface area contributed by atoms with Crippen molar-refractivity contribution in [3.63, 3.8) is 0 Å². The number of halogens is 1. The zero-order valence-corrected chi connectivity index (χ0v) is 16.9. The number of nitrogens with zero attached hydrogens (tertiary/aromatic N) is 3. The molecular formula is C22H22FN3O2S. The van der Waals surface area contributed by atoms with Crippen LogP contribution in [0.25, 0.3) is 0 Å². The number of benzene rings is 1. The maximum atomic E-state index is 14.6. The van der Waals surface area contributed by atoms with Crippen molar-refractivity contribution in [3.05, 3.63) is 82.1 Å². The van der Waals surface area contributed by atoms with Gasteiger partial charge in [0.25, 0.3) is 5.91 Å². The minimum Gasteiger partial charge on any atom is -0.348 e. The van der Waals surface area contributed by atoms with Gasteiger partial charge in [0, 0.05) is 37.1 Å². The molecule has 3 aromatic rings. The molecule has 1 unspecified atom stereocenters. The zero-order valence-electron chi connectivity index (χ0n) is 16.1. The first-order valence-electron chi connectivity index (χ1n) is 9.62. The molecule has 0 saturated carbocycles. The lowest BCUT2D eigenvalue weighted by Gasteiger charge is -2.38. The maximum absolute atomic E-state index is 14.6. The van der Waals surface area contributed by atoms with Crippen molar-refractivity contribution in [2.24, 2.45) is 0 Å². The molecular weight excluding hydrogens is 389 g/mol. The highest BCUT2D eigenvalue weighted by Gasteiger charge is 2.34. The van der Waals surface area contributed by atoms with Crippen LogP contribution in [-0.4, -0.2) is 45.8 Å². The van der Waals surface area contributed by atoms with Gasteiger partial charge in [0.2, 0.25) is 5.91 Å². The lowest BCUT2D eigenvalue weighted by atomic mass is 9.99. The van der Waals surface area contributed by atoms with Crippen LogP contribution in [0.5, 0.6) is 0 Å². The summed E-state index contributed by atoms with van der Waals surface area (Å²) in [6, 6.07) is 13.5. The van der Waals surface area contributed by atoms with Crippen LogP contribution < -0.4 is 0 Å². The summed E-state index contributed by atoms with van der Waals surface area (Å²) in [5.41, 5.74) is 1.34. The number of amides is 2. The van der Waals surface area contributed by atoms with E-state index in [4.69, 9.17) is 0 Å². The molecule has 0 N–H and O–H groups in total. The fourth-order valence-electron chi connectivity index (χ4n) is 3.81. The van der Waals surface area contributed by atoms with Gasteiger partial charge in [0.05, 0.1) is 4.88 Å². The summed E-state index contributed by atoms with van der Waals surface area (Å²) in [7, 11) is 0. The van der Waals surface area contributed by atoms with E-state index in [1.165, 1.54) is 17.4 Å². The lowest BCUT2D eigenvalue weighted by Crippen LogP contribution is -2.48. The van der Waals surface area contributed by atoms with Gasteiger partial charge in [0.1, 0.15) is 18.4 Å². The average molecular weight is 412 g/mol. The molecule has 0 fully saturated rings. The van der Waals surface area contributed by atoms with Gasteiger partial charge in [-0.05, 0) is 36.6 Å². The Balaban J connectivity index is 1.63. The molecule has 2 aromatic heterocycles. The molecule has 0 bridgehead atoms. The first-order chi connectivity index (χ1) is 14.1. The molecule has 0 saturated heterocycles. The summed E-state index contributed by atoms with van der Waals surface area (Å²) >= 11 is 1.36. The second-order valence-electron chi connectivity index (χ2n) is 6.93. The molecule has 3 heterocycles. The van der Waals surface area contributed by atoms with Crippen LogP contribution in [-0.2, 0) is 11.3 Å². The summed E-state index contributed by atoms with van der Waals surface area (Å²) < 4.78 is 16.7. The van der Waals surface area contributed by atoms with E-state index in [2.05, 4.69) is 4.57 Å². The fraction of sp³-hybridized carbons (Fsp3) is 0.273. The van der Waals surface area contributed by atoms with Crippen LogP contribution >= 0.6 is 11.3 Å². The van der Waals surface area contributed by atoms with E-state index in [0.717, 1.165) is 5.69 Å². The van der Waals surface area contributed by atoms with Crippen LogP contribution in [0, 0.1) is 5.82 Å². The molecule has 0 aliphatic carbocycles. The van der Waals surface area contributed by atoms with Gasteiger partial charge in [-0.1, -0.05) is 24.3 Å². The minimum absolute atomic E-state index is 0.0289. The molecule has 1 aromatic carbocycles. The Morgan fingerprint density at radius 3 is 2.69 bits per heavy atom. The quantitative estimate of drug-likeness (QED) is 0.641. The van der Waals surface area contributed by atoms with Gasteiger partial charge in [-0.15, -0.1) is 11.3 Å². The standard InChI is InChI=1S/C22H22FN3O2S/c1-2-24(22(28)19-10-6-14-29-19)15-20(27)26-13-12-25-11-5-9-18(25)21(26)16-7-3-4-8-17(16)23/h3-11,14,21H,2,12-13,15H2,1H3. The number of hydrogen-bond donors (Lipinski definition) is 0. The van der Waals surface area contributed by atoms with E-state index in [1.54, 1.807) is 34.1 Å². The van der Waals surface area contributed by atoms with Crippen molar-refractivity contribution in [1.29, 1.82) is 0 Å². The summed E-state index contributed by atoms with van der Waals surface area (Å²) in [6.07, 6.45) is 1.95. The van der Waals surface area contributed by atoms with E-state index >= 15 is 0 Å². The number of carbonyl (C=O) groups excluding carboxylic acids is 2. The number of carbonyl (C=O) groups is 2. The third-order valence-electron chi connectivity index (χ3n) is 5.29. The second-order valence-corrected chi connectivity index (χ2v) is 7.88. The highest BCUT2D eigenvalue weighted by Crippen LogP contribution is 2.34. The Kier molecular flexibility index (Phi) is 5.49. The van der Waals surface area contributed by atoms with Gasteiger partial charge in [0.15, 0.2) is 0 Å². The van der Waals surface area contributed by atoms with Crippen LogP contribution in [0.3, 0.4) is 0 Å². The highest BCUT2D eigenvalue weighted by molar-refractivity contribution is 7.12. The van der Waals surface area contributed by atoms with Crippen molar-refractivity contribution in [1.82, 2.24) is 14.4 Å². The summed E-state index contributed by atoms with van der Waals surface area (Å²) in [4.78, 5) is 29.8. The molecule has 150 valence electrons. The van der Waals surface area contributed by atoms with Crippen LogP contribution in [0.1, 0.15) is 33.9 Å². The van der Waals surface area contributed by atoms with Gasteiger partial charge >= 0.3 is 0 Å². The molecule has 2 amide bonds. The molecule has 1 atom stereocenters. The zero-order chi connectivity index (χ0) is 20.4. The Hall–Kier alpha value is -2.93. The number of hydrogen-bond acceptors (Lipinski definition) is 3. The molecule has 1 aliphatic heterocycles. The maximum Gasteiger partial charge on any atom is 0.264 e. The number of thiophene rings is 1. The van der Waals surface area contributed by atoms with Crippen LogP contribution in [0.4, 0.5) is 4.39 Å². The summed E-state index contributed by atoms with van der Waals surface area (Å²) in [5, 5.41) is 1.84. The van der Waals surface area contributed by atoms with E-state index in [9.17, 15) is 14.0 Å². The molecule has 7 heteroatoms. The Labute approximate surface area is 173 Å². The minimum atomic E-state index is -0.511. The normalized spacial score (nSPS) is 15.8. The van der Waals surface area contributed by atoms with Crippen LogP contribution in [0.15, 0.2) is 60.1 Å². The summed E-state index contributed by atoms with van der Waals surface area (Å²) in [5.74, 6) is -0.678. The SMILES string of the molecule is CCN(CC(=O)N1CCn2cccc2C1c1ccccc1F)C(=O)c1cccs1. The monoisotopic (exact) mass is 411 g/mol. The molecule has 1 aliphatic rings. The van der Waals surface area contributed by atoms with Crippen molar-refractivity contribution < 1.29 is 14.0 Å². The van der Waals surface area contributed by atoms with E-state index in [1.807, 2.05) is 36.7 Å². The topological polar surface area (TPSA) is 45.6 Å². The molecule has 0 radical (unpaired) electrons. The Morgan fingerprint density at radius 1 is 1.14 bits per heavy atom. The first kappa shape index (κ1) is 19.4. The van der Waals surface area contributed by atoms with Gasteiger partial charge < -0.3 is 14.4 Å². The largest absolute Gasteiger partial charge is 0.348 e. The fourth-order valence-corrected chi connectivity index (χ4v) is 4.50. The Morgan fingerprint density at radius 2 is 1.97 bits per heavy atom. The second kappa shape index (κ2) is 8.21. The van der Waals surface area contributed by atoms with Crippen molar-refractivity contribution in [3.8, 4) is 0 Å². The lowest BCUT2D eigenvalue weighted by molar-refractivity contribution is -0.134. The predicted molar refractivity (Wildman–Crippen MR) is 110 cm³/mol.